The summed E-state index contributed by atoms with van der Waals surface area (Å²) in [7, 11) is 0. The Balaban J connectivity index is 2.21. The predicted octanol–water partition coefficient (Wildman–Crippen LogP) is 1.20. The van der Waals surface area contributed by atoms with Crippen molar-refractivity contribution < 1.29 is 0 Å². The molecular weight excluding hydrogens is 136 g/mol. The van der Waals surface area contributed by atoms with Gasteiger partial charge in [0.2, 0.25) is 0 Å². The Hall–Kier alpha value is -0.890. The third-order valence-electron chi connectivity index (χ3n) is 2.15. The smallest absolute Gasteiger partial charge is 0.0450 e. The summed E-state index contributed by atoms with van der Waals surface area (Å²) in [5, 5.41) is 0. The van der Waals surface area contributed by atoms with E-state index in [1.165, 1.54) is 5.56 Å². The van der Waals surface area contributed by atoms with Gasteiger partial charge in [0.15, 0.2) is 0 Å². The number of nitrogens with two attached hydrogens (primary N) is 1. The van der Waals surface area contributed by atoms with Crippen LogP contribution in [0.4, 0.5) is 0 Å². The molecule has 2 rings (SSSR count). The molecular formula is C9H12N2. The van der Waals surface area contributed by atoms with Crippen molar-refractivity contribution in [3.63, 3.8) is 0 Å². The normalized spacial score (nSPS) is 28.5. The summed E-state index contributed by atoms with van der Waals surface area (Å²) >= 11 is 0. The highest BCUT2D eigenvalue weighted by Crippen LogP contribution is 2.37. The van der Waals surface area contributed by atoms with Gasteiger partial charge in [-0.05, 0) is 25.0 Å². The van der Waals surface area contributed by atoms with Crippen LogP contribution >= 0.6 is 0 Å². The molecule has 11 heavy (non-hydrogen) atoms. The molecule has 0 aliphatic heterocycles. The maximum Gasteiger partial charge on any atom is 0.0450 e. The third kappa shape index (κ3) is 1.26. The first kappa shape index (κ1) is 6.80. The van der Waals surface area contributed by atoms with E-state index in [-0.39, 0.29) is 0 Å². The molecule has 1 aromatic rings. The van der Waals surface area contributed by atoms with Crippen LogP contribution in [-0.4, -0.2) is 11.0 Å². The zero-order valence-corrected chi connectivity index (χ0v) is 6.62. The zero-order chi connectivity index (χ0) is 7.84. The monoisotopic (exact) mass is 148 g/mol. The molecule has 0 radical (unpaired) electrons. The lowest BCUT2D eigenvalue weighted by atomic mass is 10.2. The first-order chi connectivity index (χ1) is 5.27. The predicted molar refractivity (Wildman–Crippen MR) is 44.3 cm³/mol. The Morgan fingerprint density at radius 2 is 2.27 bits per heavy atom. The van der Waals surface area contributed by atoms with Gasteiger partial charge >= 0.3 is 0 Å². The van der Waals surface area contributed by atoms with Gasteiger partial charge in [0.1, 0.15) is 0 Å². The quantitative estimate of drug-likeness (QED) is 0.650. The molecule has 1 saturated carbocycles. The second-order valence-electron chi connectivity index (χ2n) is 3.27. The molecule has 2 heteroatoms. The SMILES string of the molecule is Cc1ccc([C@@H]2C[C@H]2N)nc1. The van der Waals surface area contributed by atoms with Crippen LogP contribution in [0.25, 0.3) is 0 Å². The highest BCUT2D eigenvalue weighted by Gasteiger charge is 2.35. The van der Waals surface area contributed by atoms with Gasteiger partial charge in [0.25, 0.3) is 0 Å². The van der Waals surface area contributed by atoms with E-state index in [1.807, 2.05) is 13.1 Å². The molecule has 2 nitrogen and oxygen atoms in total. The molecule has 1 aliphatic rings. The summed E-state index contributed by atoms with van der Waals surface area (Å²) in [5.74, 6) is 0.538. The van der Waals surface area contributed by atoms with Gasteiger partial charge in [-0.3, -0.25) is 4.98 Å². The first-order valence-electron chi connectivity index (χ1n) is 3.95. The highest BCUT2D eigenvalue weighted by molar-refractivity contribution is 5.22. The number of aromatic nitrogens is 1. The van der Waals surface area contributed by atoms with Crippen LogP contribution in [0.5, 0.6) is 0 Å². The van der Waals surface area contributed by atoms with Crippen LogP contribution in [0.15, 0.2) is 18.3 Å². The second-order valence-corrected chi connectivity index (χ2v) is 3.27. The zero-order valence-electron chi connectivity index (χ0n) is 6.62. The molecule has 0 saturated heterocycles. The molecule has 1 aromatic heterocycles. The Morgan fingerprint density at radius 3 is 2.73 bits per heavy atom. The van der Waals surface area contributed by atoms with Gasteiger partial charge in [-0.1, -0.05) is 6.07 Å². The number of aryl methyl sites for hydroxylation is 1. The van der Waals surface area contributed by atoms with Crippen LogP contribution in [0, 0.1) is 6.92 Å². The Labute approximate surface area is 66.4 Å². The van der Waals surface area contributed by atoms with Crippen LogP contribution in [-0.2, 0) is 0 Å². The Morgan fingerprint density at radius 1 is 1.55 bits per heavy atom. The fourth-order valence-corrected chi connectivity index (χ4v) is 1.25. The van der Waals surface area contributed by atoms with Crippen molar-refractivity contribution in [3.8, 4) is 0 Å². The van der Waals surface area contributed by atoms with E-state index >= 15 is 0 Å². The lowest BCUT2D eigenvalue weighted by Gasteiger charge is -1.96. The first-order valence-corrected chi connectivity index (χ1v) is 3.95. The number of pyridine rings is 1. The molecule has 58 valence electrons. The van der Waals surface area contributed by atoms with Gasteiger partial charge in [0.05, 0.1) is 0 Å². The van der Waals surface area contributed by atoms with E-state index < -0.39 is 0 Å². The van der Waals surface area contributed by atoms with E-state index in [0.29, 0.717) is 12.0 Å². The molecule has 0 amide bonds. The van der Waals surface area contributed by atoms with Gasteiger partial charge < -0.3 is 5.73 Å². The number of hydrogen-bond acceptors (Lipinski definition) is 2. The third-order valence-corrected chi connectivity index (χ3v) is 2.15. The largest absolute Gasteiger partial charge is 0.327 e. The van der Waals surface area contributed by atoms with Crippen molar-refractivity contribution in [3.05, 3.63) is 29.6 Å². The van der Waals surface area contributed by atoms with E-state index in [2.05, 4.69) is 17.1 Å². The van der Waals surface area contributed by atoms with E-state index in [1.54, 1.807) is 0 Å². The van der Waals surface area contributed by atoms with E-state index in [0.717, 1.165) is 12.1 Å². The molecule has 2 N–H and O–H groups in total. The van der Waals surface area contributed by atoms with E-state index in [9.17, 15) is 0 Å². The summed E-state index contributed by atoms with van der Waals surface area (Å²) in [6.45, 7) is 2.05. The summed E-state index contributed by atoms with van der Waals surface area (Å²) < 4.78 is 0. The van der Waals surface area contributed by atoms with Crippen molar-refractivity contribution in [1.82, 2.24) is 4.98 Å². The minimum Gasteiger partial charge on any atom is -0.327 e. The summed E-state index contributed by atoms with van der Waals surface area (Å²) in [6.07, 6.45) is 3.01. The van der Waals surface area contributed by atoms with Crippen LogP contribution in [0.3, 0.4) is 0 Å². The molecule has 1 heterocycles. The average molecular weight is 148 g/mol. The fraction of sp³-hybridized carbons (Fsp3) is 0.444. The van der Waals surface area contributed by atoms with Crippen LogP contribution in [0.2, 0.25) is 0 Å². The number of rotatable bonds is 1. The lowest BCUT2D eigenvalue weighted by molar-refractivity contribution is 0.942. The van der Waals surface area contributed by atoms with Crippen LogP contribution in [0.1, 0.15) is 23.6 Å². The topological polar surface area (TPSA) is 38.9 Å². The van der Waals surface area contributed by atoms with Crippen LogP contribution < -0.4 is 5.73 Å². The van der Waals surface area contributed by atoms with Gasteiger partial charge in [-0.2, -0.15) is 0 Å². The second kappa shape index (κ2) is 2.31. The highest BCUT2D eigenvalue weighted by atomic mass is 14.8. The number of nitrogens with zero attached hydrogens (tertiary/aromatic N) is 1. The molecule has 1 aliphatic carbocycles. The summed E-state index contributed by atoms with van der Waals surface area (Å²) in [4.78, 5) is 4.31. The minimum atomic E-state index is 0.366. The molecule has 0 spiro atoms. The van der Waals surface area contributed by atoms with Gasteiger partial charge in [-0.15, -0.1) is 0 Å². The van der Waals surface area contributed by atoms with E-state index in [4.69, 9.17) is 5.73 Å². The molecule has 1 fully saturated rings. The number of hydrogen-bond donors (Lipinski definition) is 1. The Bertz CT molecular complexity index is 253. The molecule has 2 atom stereocenters. The van der Waals surface area contributed by atoms with Crippen molar-refractivity contribution in [2.45, 2.75) is 25.3 Å². The van der Waals surface area contributed by atoms with Gasteiger partial charge in [-0.25, -0.2) is 0 Å². The lowest BCUT2D eigenvalue weighted by Crippen LogP contribution is -2.01. The summed E-state index contributed by atoms with van der Waals surface area (Å²) in [6, 6.07) is 4.53. The van der Waals surface area contributed by atoms with Crippen molar-refractivity contribution in [2.75, 3.05) is 0 Å². The standard InChI is InChI=1S/C9H12N2/c1-6-2-3-9(11-5-6)7-4-8(7)10/h2-3,5,7-8H,4,10H2,1H3/t7-,8-/m1/s1. The molecule has 0 aromatic carbocycles. The van der Waals surface area contributed by atoms with Gasteiger partial charge in [0, 0.05) is 23.9 Å². The maximum absolute atomic E-state index is 5.70. The maximum atomic E-state index is 5.70. The Kier molecular flexibility index (Phi) is 1.43. The van der Waals surface area contributed by atoms with Crippen molar-refractivity contribution in [1.29, 1.82) is 0 Å². The molecule has 0 unspecified atom stereocenters. The summed E-state index contributed by atoms with van der Waals surface area (Å²) in [5.41, 5.74) is 8.06. The van der Waals surface area contributed by atoms with Crippen molar-refractivity contribution in [2.24, 2.45) is 5.73 Å². The fourth-order valence-electron chi connectivity index (χ4n) is 1.25. The minimum absolute atomic E-state index is 0.366. The molecule has 0 bridgehead atoms. The average Bonchev–Trinajstić information content (AvgIpc) is 2.69. The van der Waals surface area contributed by atoms with Crippen molar-refractivity contribution >= 4 is 0 Å².